The molecule has 4 atom stereocenters. The van der Waals surface area contributed by atoms with Crippen LogP contribution in [-0.2, 0) is 14.2 Å². The van der Waals surface area contributed by atoms with Gasteiger partial charge in [0.05, 0.1) is 22.4 Å². The zero-order valence-corrected chi connectivity index (χ0v) is 37.3. The molecule has 0 fully saturated rings. The predicted molar refractivity (Wildman–Crippen MR) is 237 cm³/mol. The van der Waals surface area contributed by atoms with E-state index in [1.807, 2.05) is 24.5 Å². The molecule has 1 radical (unpaired) electrons. The van der Waals surface area contributed by atoms with Gasteiger partial charge in [-0.25, -0.2) is 4.39 Å². The van der Waals surface area contributed by atoms with E-state index in [0.29, 0.717) is 29.7 Å². The summed E-state index contributed by atoms with van der Waals surface area (Å²) in [6.07, 6.45) is 31.5. The van der Waals surface area contributed by atoms with Gasteiger partial charge in [0.15, 0.2) is 5.78 Å². The number of ketones is 1. The number of hydrogen-bond donors (Lipinski definition) is 0. The van der Waals surface area contributed by atoms with E-state index in [0.717, 1.165) is 99.4 Å². The van der Waals surface area contributed by atoms with Crippen molar-refractivity contribution in [1.82, 2.24) is 4.90 Å². The quantitative estimate of drug-likeness (QED) is 0.0790. The molecule has 0 saturated carbocycles. The number of Topliss-reactive ketones (excluding diaryl/α,β-unsaturated/α-hetero) is 1. The van der Waals surface area contributed by atoms with Gasteiger partial charge < -0.3 is 9.55 Å². The number of carbonyl (C=O) groups excluding carboxylic acids is 2. The van der Waals surface area contributed by atoms with Crippen LogP contribution in [0.1, 0.15) is 165 Å². The van der Waals surface area contributed by atoms with Crippen LogP contribution in [0.3, 0.4) is 0 Å². The first-order valence-corrected chi connectivity index (χ1v) is 22.7. The molecule has 1 aliphatic heterocycles. The maximum Gasteiger partial charge on any atom is 0.326 e. The Morgan fingerprint density at radius 3 is 2.09 bits per heavy atom. The second kappa shape index (κ2) is 19.5. The average molecular weight is 783 g/mol. The third kappa shape index (κ3) is 10.7. The molecular weight excluding hydrogens is 711 g/mol. The van der Waals surface area contributed by atoms with Gasteiger partial charge in [-0.05, 0) is 106 Å². The number of fused-ring (bicyclic) bond motifs is 1. The molecule has 5 rings (SSSR count). The lowest BCUT2D eigenvalue weighted by atomic mass is 9.73. The maximum absolute atomic E-state index is 15.1. The fourth-order valence-corrected chi connectivity index (χ4v) is 8.85. The van der Waals surface area contributed by atoms with Gasteiger partial charge in [-0.1, -0.05) is 149 Å². The van der Waals surface area contributed by atoms with Gasteiger partial charge in [0.1, 0.15) is 5.41 Å². The Bertz CT molecular complexity index is 1720. The molecule has 0 spiro atoms. The van der Waals surface area contributed by atoms with Crippen LogP contribution in [0.15, 0.2) is 92.7 Å². The van der Waals surface area contributed by atoms with Gasteiger partial charge >= 0.3 is 7.48 Å². The summed E-state index contributed by atoms with van der Waals surface area (Å²) in [5, 5.41) is -1.43. The fourth-order valence-electron chi connectivity index (χ4n) is 8.64. The van der Waals surface area contributed by atoms with Crippen molar-refractivity contribution in [2.45, 2.75) is 176 Å². The molecule has 0 bridgehead atoms. The maximum atomic E-state index is 15.1. The molecule has 1 amide bonds. The van der Waals surface area contributed by atoms with E-state index in [2.05, 4.69) is 88.1 Å². The van der Waals surface area contributed by atoms with Crippen molar-refractivity contribution < 1.29 is 18.6 Å². The number of rotatable bonds is 18. The summed E-state index contributed by atoms with van der Waals surface area (Å²) in [5.74, 6) is 0.560. The topological polar surface area (TPSA) is 46.6 Å². The third-order valence-electron chi connectivity index (χ3n) is 13.2. The molecule has 4 nitrogen and oxygen atoms in total. The summed E-state index contributed by atoms with van der Waals surface area (Å²) in [6.45, 7) is 17.6. The predicted octanol–water partition coefficient (Wildman–Crippen LogP) is 13.1. The van der Waals surface area contributed by atoms with Gasteiger partial charge in [0.25, 0.3) is 5.91 Å². The Hall–Kier alpha value is -2.56. The summed E-state index contributed by atoms with van der Waals surface area (Å²) in [5.41, 5.74) is 8.56. The molecular formula is C49H71BFNO3P. The van der Waals surface area contributed by atoms with E-state index in [9.17, 15) is 9.18 Å². The molecule has 305 valence electrons. The minimum Gasteiger partial charge on any atom is -0.429 e. The van der Waals surface area contributed by atoms with Gasteiger partial charge in [0.2, 0.25) is 0 Å². The summed E-state index contributed by atoms with van der Waals surface area (Å²) in [4.78, 5) is 31.6. The first kappa shape index (κ1) is 44.5. The molecule has 4 unspecified atom stereocenters. The summed E-state index contributed by atoms with van der Waals surface area (Å²) in [6, 6.07) is 0. The van der Waals surface area contributed by atoms with Gasteiger partial charge in [-0.15, -0.1) is 0 Å². The van der Waals surface area contributed by atoms with Crippen molar-refractivity contribution >= 4 is 28.4 Å². The molecule has 1 heterocycles. The first-order chi connectivity index (χ1) is 26.6. The van der Waals surface area contributed by atoms with Crippen LogP contribution in [0.4, 0.5) is 4.39 Å². The molecule has 5 aliphatic rings. The molecule has 56 heavy (non-hydrogen) atoms. The Kier molecular flexibility index (Phi) is 15.5. The number of allylic oxidation sites excluding steroid dienone is 13. The number of nitrogens with zero attached hydrogens (tertiary/aromatic N) is 1. The highest BCUT2D eigenvalue weighted by Gasteiger charge is 2.45. The molecule has 0 saturated heterocycles. The highest BCUT2D eigenvalue weighted by Crippen LogP contribution is 2.48. The van der Waals surface area contributed by atoms with Gasteiger partial charge in [-0.3, -0.25) is 9.59 Å². The number of hydrogen-bond acceptors (Lipinski definition) is 3. The Morgan fingerprint density at radius 1 is 0.821 bits per heavy atom. The molecule has 0 aromatic rings. The van der Waals surface area contributed by atoms with E-state index in [1.165, 1.54) is 36.8 Å². The van der Waals surface area contributed by atoms with E-state index < -0.39 is 5.41 Å². The van der Waals surface area contributed by atoms with Crippen molar-refractivity contribution in [2.75, 3.05) is 6.54 Å². The van der Waals surface area contributed by atoms with Crippen molar-refractivity contribution in [3.63, 3.8) is 0 Å². The zero-order valence-electron chi connectivity index (χ0n) is 36.1. The van der Waals surface area contributed by atoms with Crippen LogP contribution in [0.5, 0.6) is 0 Å². The normalized spacial score (nSPS) is 23.3. The summed E-state index contributed by atoms with van der Waals surface area (Å²) >= 11 is 0. The molecule has 0 aromatic carbocycles. The number of carbonyl (C=O) groups is 2. The standard InChI is InChI=1S/C49H71BFNO3P/c1-9-11-13-15-16-18-36-27-32-41(53)43-44(42(36)37-25-30-40(31-26-37)50-55-48(6,7)47(3,4)5)46(54)52(33-17-14-12-10-2)45(43)38-21-19-34(20-22-38)35-23-28-39(29-24-35)49(8,51)56/h19,21,23,25,28-30,35-36H,9-18,20,22,24,26-27,31-33,56H2,1-8H3. The Labute approximate surface area is 342 Å². The van der Waals surface area contributed by atoms with Crippen LogP contribution in [0.2, 0.25) is 0 Å². The number of alkyl halides is 1. The van der Waals surface area contributed by atoms with Crippen LogP contribution in [0.25, 0.3) is 0 Å². The average Bonchev–Trinajstić information content (AvgIpc) is 3.36. The second-order valence-electron chi connectivity index (χ2n) is 18.7. The number of unbranched alkanes of at least 4 members (excludes halogenated alkanes) is 7. The van der Waals surface area contributed by atoms with Crippen molar-refractivity contribution in [3.8, 4) is 0 Å². The lowest BCUT2D eigenvalue weighted by Crippen LogP contribution is -2.40. The molecule has 7 heteroatoms. The van der Waals surface area contributed by atoms with Crippen LogP contribution < -0.4 is 0 Å². The Morgan fingerprint density at radius 2 is 1.50 bits per heavy atom. The van der Waals surface area contributed by atoms with Crippen LogP contribution in [-0.4, -0.2) is 41.6 Å². The van der Waals surface area contributed by atoms with Crippen molar-refractivity contribution in [2.24, 2.45) is 17.3 Å². The van der Waals surface area contributed by atoms with E-state index in [-0.39, 0.29) is 34.5 Å². The zero-order chi connectivity index (χ0) is 40.7. The highest BCUT2D eigenvalue weighted by molar-refractivity contribution is 7.19. The SMILES string of the molecule is CCCCCCCC1CCC(=O)C2=C(C3=CC=C(C4C=CC(C(C)(F)P)=CC4)CC3)N(CCCCCC)C(=O)C2=C1C1=CC=C([B]OC(C)(C)C(C)(C)C)CC1. The smallest absolute Gasteiger partial charge is 0.326 e. The largest absolute Gasteiger partial charge is 0.429 e. The summed E-state index contributed by atoms with van der Waals surface area (Å²) < 4.78 is 21.0. The van der Waals surface area contributed by atoms with E-state index >= 15 is 4.79 Å². The van der Waals surface area contributed by atoms with Crippen LogP contribution in [0, 0.1) is 17.3 Å². The monoisotopic (exact) mass is 783 g/mol. The fraction of sp³-hybridized carbons (Fsp3) is 0.633. The molecule has 0 N–H and O–H groups in total. The number of halogens is 1. The lowest BCUT2D eigenvalue weighted by Gasteiger charge is -2.39. The van der Waals surface area contributed by atoms with Crippen molar-refractivity contribution in [3.05, 3.63) is 92.7 Å². The van der Waals surface area contributed by atoms with Crippen molar-refractivity contribution in [1.29, 1.82) is 0 Å². The van der Waals surface area contributed by atoms with Gasteiger partial charge in [0, 0.05) is 18.9 Å². The first-order valence-electron chi connectivity index (χ1n) is 22.1. The number of amides is 1. The van der Waals surface area contributed by atoms with Gasteiger partial charge in [-0.2, -0.15) is 0 Å². The van der Waals surface area contributed by atoms with E-state index in [4.69, 9.17) is 4.65 Å². The lowest BCUT2D eigenvalue weighted by molar-refractivity contribution is -0.124. The minimum absolute atomic E-state index is 0.0124. The van der Waals surface area contributed by atoms with Crippen LogP contribution >= 0.6 is 9.24 Å². The molecule has 4 aliphatic carbocycles. The Balaban J connectivity index is 1.56. The minimum atomic E-state index is -1.43. The summed E-state index contributed by atoms with van der Waals surface area (Å²) in [7, 11) is 4.24. The second-order valence-corrected chi connectivity index (χ2v) is 19.8. The molecule has 0 aromatic heterocycles. The highest BCUT2D eigenvalue weighted by atomic mass is 31.0. The third-order valence-corrected chi connectivity index (χ3v) is 13.6. The van der Waals surface area contributed by atoms with E-state index in [1.54, 1.807) is 6.92 Å².